The lowest BCUT2D eigenvalue weighted by atomic mass is 10.3. The van der Waals surface area contributed by atoms with Crippen LogP contribution >= 0.6 is 55.1 Å². The van der Waals surface area contributed by atoms with Gasteiger partial charge in [-0.05, 0) is 50.1 Å². The van der Waals surface area contributed by atoms with E-state index in [9.17, 15) is 0 Å². The van der Waals surface area contributed by atoms with E-state index in [4.69, 9.17) is 37.8 Å². The van der Waals surface area contributed by atoms with Crippen LogP contribution in [0.1, 0.15) is 6.42 Å². The molecule has 0 heterocycles. The molecule has 19 heavy (non-hydrogen) atoms. The molecule has 0 saturated heterocycles. The normalized spacial score (nSPS) is 10.2. The molecule has 1 rings (SSSR count). The largest absolute Gasteiger partial charge is 0.491 e. The molecule has 0 radical (unpaired) electrons. The Morgan fingerprint density at radius 3 is 2.37 bits per heavy atom. The number of ether oxygens (including phenoxy) is 2. The highest BCUT2D eigenvalue weighted by Gasteiger charge is 2.09. The third-order valence-electron chi connectivity index (χ3n) is 2.01. The number of benzene rings is 1. The molecule has 7 heteroatoms. The minimum Gasteiger partial charge on any atom is -0.491 e. The molecule has 0 atom stereocenters. The SMILES string of the molecule is OCCCOc1c(Br)cc(OCC=C(Cl)Cl)cc1Br. The minimum atomic E-state index is 0.0992. The predicted octanol–water partition coefficient (Wildman–Crippen LogP) is 4.67. The monoisotopic (exact) mass is 432 g/mol. The molecule has 1 aromatic rings. The maximum Gasteiger partial charge on any atom is 0.147 e. The van der Waals surface area contributed by atoms with Crippen molar-refractivity contribution < 1.29 is 14.6 Å². The highest BCUT2D eigenvalue weighted by molar-refractivity contribution is 9.11. The summed E-state index contributed by atoms with van der Waals surface area (Å²) in [5.74, 6) is 1.32. The summed E-state index contributed by atoms with van der Waals surface area (Å²) < 4.78 is 12.7. The molecule has 1 N–H and O–H groups in total. The van der Waals surface area contributed by atoms with E-state index in [1.165, 1.54) is 0 Å². The van der Waals surface area contributed by atoms with Gasteiger partial charge in [-0.3, -0.25) is 0 Å². The maximum atomic E-state index is 8.72. The minimum absolute atomic E-state index is 0.0992. The van der Waals surface area contributed by atoms with Gasteiger partial charge in [0.2, 0.25) is 0 Å². The first-order chi connectivity index (χ1) is 9.04. The Morgan fingerprint density at radius 2 is 1.84 bits per heavy atom. The van der Waals surface area contributed by atoms with Crippen LogP contribution in [0.3, 0.4) is 0 Å². The third-order valence-corrected chi connectivity index (χ3v) is 3.49. The number of hydrogen-bond donors (Lipinski definition) is 1. The summed E-state index contributed by atoms with van der Waals surface area (Å²) in [7, 11) is 0. The summed E-state index contributed by atoms with van der Waals surface area (Å²) in [6, 6.07) is 3.57. The first-order valence-electron chi connectivity index (χ1n) is 5.41. The van der Waals surface area contributed by atoms with Crippen LogP contribution in [0.15, 0.2) is 31.6 Å². The summed E-state index contributed by atoms with van der Waals surface area (Å²) in [5, 5.41) is 8.72. The average molecular weight is 435 g/mol. The molecule has 0 aliphatic heterocycles. The Bertz CT molecular complexity index is 426. The van der Waals surface area contributed by atoms with Crippen molar-refractivity contribution in [3.8, 4) is 11.5 Å². The lowest BCUT2D eigenvalue weighted by Crippen LogP contribution is -2.01. The Balaban J connectivity index is 2.70. The van der Waals surface area contributed by atoms with E-state index in [-0.39, 0.29) is 17.7 Å². The van der Waals surface area contributed by atoms with E-state index < -0.39 is 0 Å². The summed E-state index contributed by atoms with van der Waals surface area (Å²) >= 11 is 17.8. The van der Waals surface area contributed by atoms with Gasteiger partial charge >= 0.3 is 0 Å². The van der Waals surface area contributed by atoms with Crippen LogP contribution in [0, 0.1) is 0 Å². The van der Waals surface area contributed by atoms with Crippen LogP contribution < -0.4 is 9.47 Å². The van der Waals surface area contributed by atoms with Crippen molar-refractivity contribution in [1.29, 1.82) is 0 Å². The second-order valence-corrected chi connectivity index (χ2v) is 6.16. The van der Waals surface area contributed by atoms with Crippen molar-refractivity contribution >= 4 is 55.1 Å². The molecule has 0 unspecified atom stereocenters. The second kappa shape index (κ2) is 9.08. The van der Waals surface area contributed by atoms with Gasteiger partial charge in [0.1, 0.15) is 22.6 Å². The lowest BCUT2D eigenvalue weighted by Gasteiger charge is -2.12. The van der Waals surface area contributed by atoms with Crippen molar-refractivity contribution in [2.24, 2.45) is 0 Å². The number of rotatable bonds is 7. The summed E-state index contributed by atoms with van der Waals surface area (Å²) in [5.41, 5.74) is 0. The van der Waals surface area contributed by atoms with Crippen molar-refractivity contribution in [3.63, 3.8) is 0 Å². The fraction of sp³-hybridized carbons (Fsp3) is 0.333. The van der Waals surface area contributed by atoms with Gasteiger partial charge in [0.25, 0.3) is 0 Å². The van der Waals surface area contributed by atoms with Gasteiger partial charge in [0.15, 0.2) is 0 Å². The van der Waals surface area contributed by atoms with Gasteiger partial charge in [-0.25, -0.2) is 0 Å². The van der Waals surface area contributed by atoms with Crippen LogP contribution in [0.25, 0.3) is 0 Å². The molecule has 1 aromatic carbocycles. The Hall–Kier alpha value is 0.0600. The van der Waals surface area contributed by atoms with Gasteiger partial charge in [-0.15, -0.1) is 0 Å². The molecule has 0 bridgehead atoms. The molecular formula is C12H12Br2Cl2O3. The Labute approximate surface area is 138 Å². The van der Waals surface area contributed by atoms with Crippen LogP contribution in [-0.2, 0) is 0 Å². The molecule has 0 aliphatic rings. The van der Waals surface area contributed by atoms with E-state index in [1.807, 2.05) is 0 Å². The Morgan fingerprint density at radius 1 is 1.21 bits per heavy atom. The van der Waals surface area contributed by atoms with Gasteiger partial charge in [0, 0.05) is 13.0 Å². The molecular weight excluding hydrogens is 423 g/mol. The topological polar surface area (TPSA) is 38.7 Å². The summed E-state index contributed by atoms with van der Waals surface area (Å²) in [6.07, 6.45) is 2.13. The van der Waals surface area contributed by atoms with E-state index >= 15 is 0 Å². The first-order valence-corrected chi connectivity index (χ1v) is 7.75. The molecule has 0 aliphatic carbocycles. The smallest absolute Gasteiger partial charge is 0.147 e. The Kier molecular flexibility index (Phi) is 8.18. The standard InChI is InChI=1S/C12H12Br2Cl2O3/c13-9-6-8(18-5-2-11(15)16)7-10(14)12(9)19-4-1-3-17/h2,6-7,17H,1,3-5H2. The number of aliphatic hydroxyl groups is 1. The van der Waals surface area contributed by atoms with E-state index in [0.29, 0.717) is 24.5 Å². The van der Waals surface area contributed by atoms with Crippen molar-refractivity contribution in [1.82, 2.24) is 0 Å². The fourth-order valence-electron chi connectivity index (χ4n) is 1.20. The van der Waals surface area contributed by atoms with Crippen LogP contribution in [0.4, 0.5) is 0 Å². The molecule has 0 aromatic heterocycles. The molecule has 106 valence electrons. The van der Waals surface area contributed by atoms with E-state index in [2.05, 4.69) is 31.9 Å². The zero-order chi connectivity index (χ0) is 14.3. The highest BCUT2D eigenvalue weighted by atomic mass is 79.9. The maximum absolute atomic E-state index is 8.72. The van der Waals surface area contributed by atoms with E-state index in [0.717, 1.165) is 8.95 Å². The zero-order valence-electron chi connectivity index (χ0n) is 9.84. The second-order valence-electron chi connectivity index (χ2n) is 3.45. The van der Waals surface area contributed by atoms with Gasteiger partial charge in [0.05, 0.1) is 15.6 Å². The summed E-state index contributed by atoms with van der Waals surface area (Å²) in [4.78, 5) is 0. The van der Waals surface area contributed by atoms with Crippen molar-refractivity contribution in [2.45, 2.75) is 6.42 Å². The van der Waals surface area contributed by atoms with Gasteiger partial charge < -0.3 is 14.6 Å². The van der Waals surface area contributed by atoms with Crippen molar-refractivity contribution in [2.75, 3.05) is 19.8 Å². The molecule has 0 amide bonds. The van der Waals surface area contributed by atoms with Crippen LogP contribution in [0.5, 0.6) is 11.5 Å². The van der Waals surface area contributed by atoms with Gasteiger partial charge in [-0.1, -0.05) is 23.2 Å². The summed E-state index contributed by atoms with van der Waals surface area (Å²) in [6.45, 7) is 0.826. The van der Waals surface area contributed by atoms with Crippen LogP contribution in [-0.4, -0.2) is 24.9 Å². The lowest BCUT2D eigenvalue weighted by molar-refractivity contribution is 0.232. The number of aliphatic hydroxyl groups excluding tert-OH is 1. The highest BCUT2D eigenvalue weighted by Crippen LogP contribution is 2.37. The van der Waals surface area contributed by atoms with E-state index in [1.54, 1.807) is 18.2 Å². The average Bonchev–Trinajstić information content (AvgIpc) is 2.32. The first kappa shape index (κ1) is 17.1. The molecule has 0 fully saturated rings. The molecule has 0 spiro atoms. The number of hydrogen-bond acceptors (Lipinski definition) is 3. The molecule has 3 nitrogen and oxygen atoms in total. The molecule has 0 saturated carbocycles. The van der Waals surface area contributed by atoms with Gasteiger partial charge in [-0.2, -0.15) is 0 Å². The predicted molar refractivity (Wildman–Crippen MR) is 84.3 cm³/mol. The van der Waals surface area contributed by atoms with Crippen LogP contribution in [0.2, 0.25) is 0 Å². The fourth-order valence-corrected chi connectivity index (χ4v) is 2.70. The van der Waals surface area contributed by atoms with Crippen molar-refractivity contribution in [3.05, 3.63) is 31.6 Å². The zero-order valence-corrected chi connectivity index (χ0v) is 14.5. The third kappa shape index (κ3) is 6.36. The number of halogens is 4. The quantitative estimate of drug-likeness (QED) is 0.634.